The predicted molar refractivity (Wildman–Crippen MR) is 84.8 cm³/mol. The highest BCUT2D eigenvalue weighted by Crippen LogP contribution is 2.40. The molecule has 1 amide bonds. The van der Waals surface area contributed by atoms with Gasteiger partial charge in [0, 0.05) is 12.7 Å². The molecule has 0 radical (unpaired) electrons. The lowest BCUT2D eigenvalue weighted by Gasteiger charge is -2.12. The van der Waals surface area contributed by atoms with E-state index >= 15 is 0 Å². The number of hydrogen-bond acceptors (Lipinski definition) is 4. The summed E-state index contributed by atoms with van der Waals surface area (Å²) in [5.74, 6) is -0.568. The quantitative estimate of drug-likeness (QED) is 0.854. The molecule has 3 unspecified atom stereocenters. The third kappa shape index (κ3) is 3.54. The number of rotatable bonds is 3. The van der Waals surface area contributed by atoms with Gasteiger partial charge in [-0.3, -0.25) is 9.59 Å². The predicted octanol–water partition coefficient (Wildman–Crippen LogP) is 2.67. The van der Waals surface area contributed by atoms with Gasteiger partial charge in [-0.05, 0) is 19.4 Å². The Labute approximate surface area is 136 Å². The van der Waals surface area contributed by atoms with E-state index in [1.54, 1.807) is 6.20 Å². The molecule has 5 nitrogen and oxygen atoms in total. The summed E-state index contributed by atoms with van der Waals surface area (Å²) in [6, 6.07) is 3.52. The van der Waals surface area contributed by atoms with E-state index in [-0.39, 0.29) is 32.4 Å². The summed E-state index contributed by atoms with van der Waals surface area (Å²) >= 11 is 13.1. The number of aryl methyl sites for hydroxylation is 1. The van der Waals surface area contributed by atoms with E-state index in [0.29, 0.717) is 18.7 Å². The van der Waals surface area contributed by atoms with Crippen LogP contribution in [0.4, 0.5) is 5.69 Å². The van der Waals surface area contributed by atoms with Crippen molar-refractivity contribution in [3.8, 4) is 6.07 Å². The molecule has 112 valence electrons. The third-order valence-corrected chi connectivity index (χ3v) is 5.39. The normalized spacial score (nSPS) is 24.6. The fourth-order valence-electron chi connectivity index (χ4n) is 2.05. The molecule has 0 saturated carbocycles. The summed E-state index contributed by atoms with van der Waals surface area (Å²) in [6.45, 7) is 2.27. The number of halogens is 2. The highest BCUT2D eigenvalue weighted by molar-refractivity contribution is 8.02. The maximum atomic E-state index is 12.2. The molecule has 3 atom stereocenters. The Morgan fingerprint density at radius 1 is 1.67 bits per heavy atom. The van der Waals surface area contributed by atoms with Crippen LogP contribution in [0.3, 0.4) is 0 Å². The zero-order chi connectivity index (χ0) is 15.6. The molecule has 0 aliphatic carbocycles. The molecule has 21 heavy (non-hydrogen) atoms. The van der Waals surface area contributed by atoms with Crippen LogP contribution < -0.4 is 10.9 Å². The molecule has 1 aliphatic rings. The van der Waals surface area contributed by atoms with Crippen LogP contribution in [0.2, 0.25) is 5.02 Å². The van der Waals surface area contributed by atoms with E-state index in [2.05, 4.69) is 11.4 Å². The summed E-state index contributed by atoms with van der Waals surface area (Å²) in [6.07, 6.45) is 1.97. The summed E-state index contributed by atoms with van der Waals surface area (Å²) in [7, 11) is 0. The van der Waals surface area contributed by atoms with E-state index < -0.39 is 0 Å². The van der Waals surface area contributed by atoms with Gasteiger partial charge in [-0.2, -0.15) is 5.26 Å². The van der Waals surface area contributed by atoms with Gasteiger partial charge in [0.1, 0.15) is 5.02 Å². The first-order valence-electron chi connectivity index (χ1n) is 6.36. The average molecular weight is 346 g/mol. The maximum absolute atomic E-state index is 12.2. The number of nitrogens with one attached hydrogen (secondary N) is 1. The van der Waals surface area contributed by atoms with Crippen LogP contribution >= 0.6 is 35.0 Å². The summed E-state index contributed by atoms with van der Waals surface area (Å²) in [5.41, 5.74) is 0.163. The van der Waals surface area contributed by atoms with Gasteiger partial charge in [0.05, 0.1) is 27.6 Å². The van der Waals surface area contributed by atoms with Crippen molar-refractivity contribution < 1.29 is 4.79 Å². The first-order chi connectivity index (χ1) is 9.96. The van der Waals surface area contributed by atoms with Crippen LogP contribution in [0.15, 0.2) is 17.1 Å². The number of thioether (sulfide) groups is 1. The molecule has 8 heteroatoms. The number of pyridine rings is 1. The number of nitriles is 1. The van der Waals surface area contributed by atoms with E-state index in [1.165, 1.54) is 22.4 Å². The minimum absolute atomic E-state index is 0.0545. The fraction of sp³-hybridized carbons (Fsp3) is 0.462. The van der Waals surface area contributed by atoms with E-state index in [0.717, 1.165) is 0 Å². The molecule has 0 bridgehead atoms. The molecule has 1 aromatic rings. The number of nitrogens with zero attached hydrogens (tertiary/aromatic N) is 2. The molecule has 1 aliphatic heterocycles. The lowest BCUT2D eigenvalue weighted by Crippen LogP contribution is -2.26. The van der Waals surface area contributed by atoms with Crippen LogP contribution in [-0.4, -0.2) is 20.4 Å². The van der Waals surface area contributed by atoms with Gasteiger partial charge in [0.25, 0.3) is 5.56 Å². The zero-order valence-electron chi connectivity index (χ0n) is 11.2. The van der Waals surface area contributed by atoms with Gasteiger partial charge in [0.2, 0.25) is 5.91 Å². The minimum atomic E-state index is -0.377. The lowest BCUT2D eigenvalue weighted by molar-refractivity contribution is -0.115. The molecular weight excluding hydrogens is 333 g/mol. The Kier molecular flexibility index (Phi) is 5.20. The van der Waals surface area contributed by atoms with Crippen molar-refractivity contribution in [3.63, 3.8) is 0 Å². The summed E-state index contributed by atoms with van der Waals surface area (Å²) in [5, 5.41) is 11.3. The Bertz CT molecular complexity index is 656. The topological polar surface area (TPSA) is 74.9 Å². The van der Waals surface area contributed by atoms with Crippen LogP contribution in [-0.2, 0) is 11.3 Å². The second-order valence-corrected chi connectivity index (χ2v) is 7.09. The number of alkyl halides is 1. The average Bonchev–Trinajstić information content (AvgIpc) is 2.83. The largest absolute Gasteiger partial charge is 0.324 e. The molecule has 0 aromatic carbocycles. The third-order valence-electron chi connectivity index (χ3n) is 3.19. The molecular formula is C13H13Cl2N3O2S. The number of anilines is 1. The van der Waals surface area contributed by atoms with Crippen LogP contribution in [0, 0.1) is 17.2 Å². The molecule has 1 aromatic heterocycles. The Balaban J connectivity index is 2.12. The van der Waals surface area contributed by atoms with E-state index in [1.807, 2.05) is 6.92 Å². The van der Waals surface area contributed by atoms with Gasteiger partial charge in [-0.25, -0.2) is 0 Å². The minimum Gasteiger partial charge on any atom is -0.324 e. The molecule has 1 fully saturated rings. The molecule has 2 rings (SSSR count). The molecule has 2 heterocycles. The van der Waals surface area contributed by atoms with Crippen molar-refractivity contribution in [2.24, 2.45) is 5.92 Å². The smallest absolute Gasteiger partial charge is 0.269 e. The van der Waals surface area contributed by atoms with Gasteiger partial charge in [0.15, 0.2) is 0 Å². The van der Waals surface area contributed by atoms with E-state index in [9.17, 15) is 9.59 Å². The molecule has 0 spiro atoms. The number of amides is 1. The van der Waals surface area contributed by atoms with Gasteiger partial charge in [-0.15, -0.1) is 23.4 Å². The van der Waals surface area contributed by atoms with Gasteiger partial charge >= 0.3 is 0 Å². The standard InChI is InChI=1S/C13H13Cl2N3O2S/c1-2-18-6-8(4-9(14)13(18)20)17-12(19)10-3-7(5-16)11(15)21-10/h4,6-7,10-11H,2-3H2,1H3,(H,17,19). The van der Waals surface area contributed by atoms with Crippen molar-refractivity contribution in [2.75, 3.05) is 5.32 Å². The van der Waals surface area contributed by atoms with Crippen LogP contribution in [0.5, 0.6) is 0 Å². The van der Waals surface area contributed by atoms with Crippen molar-refractivity contribution in [3.05, 3.63) is 27.6 Å². The Hall–Kier alpha value is -1.16. The lowest BCUT2D eigenvalue weighted by atomic mass is 10.1. The molecule has 1 N–H and O–H groups in total. The monoisotopic (exact) mass is 345 g/mol. The SMILES string of the molecule is CCn1cc(NC(=O)C2CC(C#N)C(Cl)S2)cc(Cl)c1=O. The fourth-order valence-corrected chi connectivity index (χ4v) is 3.98. The maximum Gasteiger partial charge on any atom is 0.269 e. The number of hydrogen-bond donors (Lipinski definition) is 1. The van der Waals surface area contributed by atoms with Crippen LogP contribution in [0.1, 0.15) is 13.3 Å². The number of carbonyl (C=O) groups is 1. The second-order valence-electron chi connectivity index (χ2n) is 4.60. The van der Waals surface area contributed by atoms with E-state index in [4.69, 9.17) is 28.5 Å². The summed E-state index contributed by atoms with van der Waals surface area (Å²) in [4.78, 5) is 23.9. The van der Waals surface area contributed by atoms with Gasteiger partial charge < -0.3 is 9.88 Å². The first kappa shape index (κ1) is 16.2. The van der Waals surface area contributed by atoms with Crippen molar-refractivity contribution in [2.45, 2.75) is 29.8 Å². The van der Waals surface area contributed by atoms with Crippen LogP contribution in [0.25, 0.3) is 0 Å². The first-order valence-corrected chi connectivity index (χ1v) is 8.12. The number of carbonyl (C=O) groups excluding carboxylic acids is 1. The highest BCUT2D eigenvalue weighted by atomic mass is 35.5. The second kappa shape index (κ2) is 6.73. The van der Waals surface area contributed by atoms with Crippen molar-refractivity contribution >= 4 is 46.6 Å². The van der Waals surface area contributed by atoms with Crippen molar-refractivity contribution in [1.82, 2.24) is 4.57 Å². The Morgan fingerprint density at radius 2 is 2.38 bits per heavy atom. The molecule has 1 saturated heterocycles. The Morgan fingerprint density at radius 3 is 2.95 bits per heavy atom. The number of aromatic nitrogens is 1. The van der Waals surface area contributed by atoms with Crippen molar-refractivity contribution in [1.29, 1.82) is 5.26 Å². The zero-order valence-corrected chi connectivity index (χ0v) is 13.5. The van der Waals surface area contributed by atoms with Gasteiger partial charge in [-0.1, -0.05) is 11.6 Å². The highest BCUT2D eigenvalue weighted by Gasteiger charge is 2.37. The summed E-state index contributed by atoms with van der Waals surface area (Å²) < 4.78 is 1.04.